The van der Waals surface area contributed by atoms with Gasteiger partial charge in [0.05, 0.1) is 18.2 Å². The average Bonchev–Trinajstić information content (AvgIpc) is 3.08. The van der Waals surface area contributed by atoms with E-state index in [9.17, 15) is 14.0 Å². The van der Waals surface area contributed by atoms with Crippen LogP contribution in [0.4, 0.5) is 15.8 Å². The maximum absolute atomic E-state index is 14.2. The van der Waals surface area contributed by atoms with E-state index in [2.05, 4.69) is 5.32 Å². The van der Waals surface area contributed by atoms with Gasteiger partial charge in [-0.3, -0.25) is 9.59 Å². The lowest BCUT2D eigenvalue weighted by Crippen LogP contribution is -2.42. The number of likely N-dealkylation sites (N-methyl/N-ethyl adjacent to an activating group) is 1. The maximum atomic E-state index is 14.2. The highest BCUT2D eigenvalue weighted by Gasteiger charge is 2.23. The second-order valence-corrected chi connectivity index (χ2v) is 5.94. The molecule has 1 atom stereocenters. The van der Waals surface area contributed by atoms with Gasteiger partial charge in [0.25, 0.3) is 0 Å². The first-order valence-electron chi connectivity index (χ1n) is 7.93. The van der Waals surface area contributed by atoms with Crippen LogP contribution in [0.15, 0.2) is 18.2 Å². The van der Waals surface area contributed by atoms with Gasteiger partial charge in [-0.15, -0.1) is 0 Å². The van der Waals surface area contributed by atoms with Crippen LogP contribution in [0.25, 0.3) is 0 Å². The molecule has 0 aromatic heterocycles. The van der Waals surface area contributed by atoms with Crippen LogP contribution in [-0.2, 0) is 9.59 Å². The minimum Gasteiger partial charge on any atom is -0.369 e. The number of halogens is 1. The minimum atomic E-state index is -0.851. The van der Waals surface area contributed by atoms with Gasteiger partial charge in [-0.25, -0.2) is 4.39 Å². The highest BCUT2D eigenvalue weighted by molar-refractivity contribution is 6.39. The molecule has 24 heavy (non-hydrogen) atoms. The number of amides is 2. The van der Waals surface area contributed by atoms with Crippen molar-refractivity contribution in [3.05, 3.63) is 24.0 Å². The van der Waals surface area contributed by atoms with Crippen LogP contribution in [0, 0.1) is 17.1 Å². The van der Waals surface area contributed by atoms with Crippen molar-refractivity contribution in [3.63, 3.8) is 0 Å². The number of nitrogens with one attached hydrogen (secondary N) is 1. The second kappa shape index (κ2) is 7.77. The number of hydrogen-bond donors (Lipinski definition) is 1. The molecule has 1 N–H and O–H groups in total. The summed E-state index contributed by atoms with van der Waals surface area (Å²) in [5.74, 6) is -2.04. The quantitative estimate of drug-likeness (QED) is 0.857. The van der Waals surface area contributed by atoms with Crippen molar-refractivity contribution >= 4 is 23.2 Å². The molecular formula is C17H21FN4O2. The molecule has 0 saturated carbocycles. The molecule has 2 rings (SSSR count). The topological polar surface area (TPSA) is 76.4 Å². The number of carbonyl (C=O) groups excluding carboxylic acids is 2. The molecule has 1 saturated heterocycles. The Morgan fingerprint density at radius 1 is 1.42 bits per heavy atom. The summed E-state index contributed by atoms with van der Waals surface area (Å²) in [6.45, 7) is 3.32. The molecule has 1 fully saturated rings. The van der Waals surface area contributed by atoms with Crippen molar-refractivity contribution in [2.24, 2.45) is 0 Å². The highest BCUT2D eigenvalue weighted by Crippen LogP contribution is 2.26. The summed E-state index contributed by atoms with van der Waals surface area (Å²) in [7, 11) is 1.46. The molecule has 0 unspecified atom stereocenters. The fraction of sp³-hybridized carbons (Fsp3) is 0.471. The predicted molar refractivity (Wildman–Crippen MR) is 88.9 cm³/mol. The first-order chi connectivity index (χ1) is 11.4. The van der Waals surface area contributed by atoms with Gasteiger partial charge in [-0.1, -0.05) is 0 Å². The number of hydrogen-bond acceptors (Lipinski definition) is 4. The summed E-state index contributed by atoms with van der Waals surface area (Å²) < 4.78 is 14.2. The Balaban J connectivity index is 2.02. The largest absolute Gasteiger partial charge is 0.369 e. The number of nitriles is 1. The average molecular weight is 332 g/mol. The third-order valence-corrected chi connectivity index (χ3v) is 4.21. The number of rotatable bonds is 4. The van der Waals surface area contributed by atoms with Crippen molar-refractivity contribution in [2.75, 3.05) is 30.4 Å². The molecule has 1 aromatic carbocycles. The molecule has 1 aliphatic heterocycles. The van der Waals surface area contributed by atoms with Gasteiger partial charge >= 0.3 is 11.8 Å². The van der Waals surface area contributed by atoms with Crippen molar-refractivity contribution < 1.29 is 14.0 Å². The zero-order valence-corrected chi connectivity index (χ0v) is 13.9. The lowest BCUT2D eigenvalue weighted by Gasteiger charge is -2.22. The standard InChI is InChI=1S/C17H21FN4O2/c1-12(7-8-19)21(2)17(24)16(23)20-13-5-6-15(14(18)11-13)22-9-3-4-10-22/h5-6,11-12H,3-4,7,9-10H2,1-2H3,(H,20,23)/t12-/m0/s1. The van der Waals surface area contributed by atoms with E-state index in [1.165, 1.54) is 18.0 Å². The van der Waals surface area contributed by atoms with Crippen LogP contribution in [0.3, 0.4) is 0 Å². The van der Waals surface area contributed by atoms with Crippen LogP contribution in [0.2, 0.25) is 0 Å². The molecule has 1 aromatic rings. The van der Waals surface area contributed by atoms with Crippen LogP contribution in [0.1, 0.15) is 26.2 Å². The Hall–Kier alpha value is -2.62. The van der Waals surface area contributed by atoms with Crippen LogP contribution >= 0.6 is 0 Å². The number of carbonyl (C=O) groups is 2. The Bertz CT molecular complexity index is 665. The molecule has 1 heterocycles. The lowest BCUT2D eigenvalue weighted by molar-refractivity contribution is -0.143. The Labute approximate surface area is 140 Å². The molecule has 0 aliphatic carbocycles. The number of nitrogens with zero attached hydrogens (tertiary/aromatic N) is 3. The van der Waals surface area contributed by atoms with E-state index in [0.29, 0.717) is 5.69 Å². The zero-order valence-electron chi connectivity index (χ0n) is 13.9. The summed E-state index contributed by atoms with van der Waals surface area (Å²) in [4.78, 5) is 27.2. The maximum Gasteiger partial charge on any atom is 0.313 e. The molecule has 0 spiro atoms. The van der Waals surface area contributed by atoms with Crippen LogP contribution in [0.5, 0.6) is 0 Å². The SMILES string of the molecule is C[C@@H](CC#N)N(C)C(=O)C(=O)Nc1ccc(N2CCCC2)c(F)c1. The van der Waals surface area contributed by atoms with Gasteiger partial charge in [-0.2, -0.15) is 5.26 Å². The third-order valence-electron chi connectivity index (χ3n) is 4.21. The zero-order chi connectivity index (χ0) is 17.7. The van der Waals surface area contributed by atoms with Gasteiger partial charge in [0.15, 0.2) is 0 Å². The fourth-order valence-corrected chi connectivity index (χ4v) is 2.61. The van der Waals surface area contributed by atoms with Crippen LogP contribution < -0.4 is 10.2 Å². The molecule has 0 bridgehead atoms. The van der Waals surface area contributed by atoms with E-state index in [1.807, 2.05) is 11.0 Å². The minimum absolute atomic E-state index is 0.134. The molecule has 2 amide bonds. The summed E-state index contributed by atoms with van der Waals surface area (Å²) in [5.41, 5.74) is 0.742. The van der Waals surface area contributed by atoms with Crippen molar-refractivity contribution in [3.8, 4) is 6.07 Å². The third kappa shape index (κ3) is 4.02. The van der Waals surface area contributed by atoms with Gasteiger partial charge in [0.1, 0.15) is 5.82 Å². The van der Waals surface area contributed by atoms with E-state index in [4.69, 9.17) is 5.26 Å². The fourth-order valence-electron chi connectivity index (χ4n) is 2.61. The van der Waals surface area contributed by atoms with Crippen LogP contribution in [-0.4, -0.2) is 42.9 Å². The van der Waals surface area contributed by atoms with E-state index in [-0.39, 0.29) is 18.2 Å². The molecule has 128 valence electrons. The van der Waals surface area contributed by atoms with E-state index < -0.39 is 17.6 Å². The van der Waals surface area contributed by atoms with Gasteiger partial charge in [0.2, 0.25) is 0 Å². The van der Waals surface area contributed by atoms with Gasteiger partial charge < -0.3 is 15.1 Å². The second-order valence-electron chi connectivity index (χ2n) is 5.94. The first kappa shape index (κ1) is 17.7. The summed E-state index contributed by atoms with van der Waals surface area (Å²) >= 11 is 0. The van der Waals surface area contributed by atoms with Gasteiger partial charge in [-0.05, 0) is 38.0 Å². The smallest absolute Gasteiger partial charge is 0.313 e. The molecule has 6 nitrogen and oxygen atoms in total. The van der Waals surface area contributed by atoms with Gasteiger partial charge in [0, 0.05) is 31.9 Å². The Kier molecular flexibility index (Phi) is 5.74. The molecule has 0 radical (unpaired) electrons. The normalized spacial score (nSPS) is 14.8. The van der Waals surface area contributed by atoms with Crippen molar-refractivity contribution in [1.82, 2.24) is 4.90 Å². The number of benzene rings is 1. The first-order valence-corrected chi connectivity index (χ1v) is 7.93. The van der Waals surface area contributed by atoms with Crippen molar-refractivity contribution in [2.45, 2.75) is 32.2 Å². The molecule has 7 heteroatoms. The molecule has 1 aliphatic rings. The van der Waals surface area contributed by atoms with E-state index in [1.54, 1.807) is 19.1 Å². The summed E-state index contributed by atoms with van der Waals surface area (Å²) in [6.07, 6.45) is 2.22. The monoisotopic (exact) mass is 332 g/mol. The molecular weight excluding hydrogens is 311 g/mol. The Morgan fingerprint density at radius 3 is 2.67 bits per heavy atom. The summed E-state index contributed by atoms with van der Waals surface area (Å²) in [5, 5.41) is 11.1. The van der Waals surface area contributed by atoms with Crippen molar-refractivity contribution in [1.29, 1.82) is 5.26 Å². The number of anilines is 2. The van der Waals surface area contributed by atoms with E-state index in [0.717, 1.165) is 25.9 Å². The predicted octanol–water partition coefficient (Wildman–Crippen LogP) is 2.12. The van der Waals surface area contributed by atoms with E-state index >= 15 is 0 Å². The highest BCUT2D eigenvalue weighted by atomic mass is 19.1. The lowest BCUT2D eigenvalue weighted by atomic mass is 10.2. The Morgan fingerprint density at radius 2 is 2.08 bits per heavy atom. The summed E-state index contributed by atoms with van der Waals surface area (Å²) in [6, 6.07) is 6.00.